The summed E-state index contributed by atoms with van der Waals surface area (Å²) in [5.41, 5.74) is 7.20. The van der Waals surface area contributed by atoms with Crippen LogP contribution < -0.4 is 11.2 Å². The molecule has 1 aliphatic heterocycles. The first-order valence-corrected chi connectivity index (χ1v) is 6.45. The number of rotatable bonds is 3. The van der Waals surface area contributed by atoms with Crippen molar-refractivity contribution >= 4 is 24.5 Å². The van der Waals surface area contributed by atoms with E-state index in [0.29, 0.717) is 12.0 Å². The molecule has 0 spiro atoms. The summed E-state index contributed by atoms with van der Waals surface area (Å²) in [5.74, 6) is -0.841. The lowest BCUT2D eigenvalue weighted by Gasteiger charge is -2.22. The number of nitrogens with two attached hydrogens (primary N) is 1. The average Bonchev–Trinajstić information content (AvgIpc) is 2.37. The molecule has 1 saturated heterocycles. The van der Waals surface area contributed by atoms with Crippen LogP contribution in [0.25, 0.3) is 0 Å². The fraction of sp³-hybridized carbons (Fsp3) is 0.385. The summed E-state index contributed by atoms with van der Waals surface area (Å²) in [4.78, 5) is 24.8. The molecule has 6 nitrogen and oxygen atoms in total. The summed E-state index contributed by atoms with van der Waals surface area (Å²) in [6.07, 6.45) is 0.773. The van der Waals surface area contributed by atoms with Gasteiger partial charge in [0.15, 0.2) is 0 Å². The van der Waals surface area contributed by atoms with E-state index in [0.717, 1.165) is 12.0 Å². The van der Waals surface area contributed by atoms with Gasteiger partial charge in [-0.1, -0.05) is 24.3 Å². The number of benzene rings is 1. The van der Waals surface area contributed by atoms with Crippen molar-refractivity contribution in [3.63, 3.8) is 0 Å². The highest BCUT2D eigenvalue weighted by Crippen LogP contribution is 2.03. The minimum Gasteiger partial charge on any atom is -0.494 e. The standard InChI is InChI=1S/C13H17BN2O4/c1-16-8-12(17)19-14(20-13(18)9-16)11-4-2-10(3-5-11)6-7-15/h2-5H,6-9,15H2,1H3. The molecular weight excluding hydrogens is 259 g/mol. The quantitative estimate of drug-likeness (QED) is 0.707. The van der Waals surface area contributed by atoms with E-state index in [1.807, 2.05) is 12.1 Å². The molecule has 2 rings (SSSR count). The van der Waals surface area contributed by atoms with Gasteiger partial charge >= 0.3 is 19.1 Å². The molecule has 106 valence electrons. The van der Waals surface area contributed by atoms with Gasteiger partial charge in [-0.3, -0.25) is 14.5 Å². The summed E-state index contributed by atoms with van der Waals surface area (Å²) in [7, 11) is 0.681. The Kier molecular flexibility index (Phi) is 4.76. The topological polar surface area (TPSA) is 81.9 Å². The van der Waals surface area contributed by atoms with Crippen LogP contribution in [0.4, 0.5) is 0 Å². The lowest BCUT2D eigenvalue weighted by atomic mass is 9.78. The lowest BCUT2D eigenvalue weighted by molar-refractivity contribution is -0.145. The van der Waals surface area contributed by atoms with Crippen LogP contribution in [-0.4, -0.2) is 50.6 Å². The van der Waals surface area contributed by atoms with Crippen molar-refractivity contribution in [1.29, 1.82) is 0 Å². The van der Waals surface area contributed by atoms with E-state index >= 15 is 0 Å². The lowest BCUT2D eigenvalue weighted by Crippen LogP contribution is -2.47. The number of carbonyl (C=O) groups is 2. The molecule has 1 heterocycles. The molecule has 7 heteroatoms. The van der Waals surface area contributed by atoms with E-state index in [4.69, 9.17) is 15.0 Å². The van der Waals surface area contributed by atoms with Crippen LogP contribution in [0.2, 0.25) is 0 Å². The third-order valence-corrected chi connectivity index (χ3v) is 2.96. The SMILES string of the molecule is CN1CC(=O)OB(c2ccc(CCN)cc2)OC(=O)C1. The van der Waals surface area contributed by atoms with Gasteiger partial charge in [0.05, 0.1) is 13.1 Å². The summed E-state index contributed by atoms with van der Waals surface area (Å²) in [6, 6.07) is 7.33. The predicted molar refractivity (Wildman–Crippen MR) is 74.3 cm³/mol. The minimum absolute atomic E-state index is 0.0663. The predicted octanol–water partition coefficient (Wildman–Crippen LogP) is -1.09. The van der Waals surface area contributed by atoms with Crippen LogP contribution in [0, 0.1) is 0 Å². The van der Waals surface area contributed by atoms with Gasteiger partial charge in [-0.25, -0.2) is 0 Å². The molecule has 1 fully saturated rings. The third kappa shape index (κ3) is 3.82. The zero-order chi connectivity index (χ0) is 14.5. The molecule has 2 N–H and O–H groups in total. The molecule has 0 unspecified atom stereocenters. The Morgan fingerprint density at radius 3 is 2.20 bits per heavy atom. The first kappa shape index (κ1) is 14.6. The van der Waals surface area contributed by atoms with E-state index in [-0.39, 0.29) is 13.1 Å². The number of likely N-dealkylation sites (N-methyl/N-ethyl adjacent to an activating group) is 1. The molecular formula is C13H17BN2O4. The van der Waals surface area contributed by atoms with Gasteiger partial charge in [-0.2, -0.15) is 0 Å². The number of hydrogen-bond acceptors (Lipinski definition) is 6. The highest BCUT2D eigenvalue weighted by molar-refractivity contribution is 6.64. The van der Waals surface area contributed by atoms with Gasteiger partial charge in [0.1, 0.15) is 0 Å². The molecule has 1 aromatic carbocycles. The van der Waals surface area contributed by atoms with Crippen molar-refractivity contribution in [3.05, 3.63) is 29.8 Å². The van der Waals surface area contributed by atoms with Crippen LogP contribution in [0.15, 0.2) is 24.3 Å². The molecule has 0 bridgehead atoms. The molecule has 0 radical (unpaired) electrons. The van der Waals surface area contributed by atoms with Crippen LogP contribution in [0.5, 0.6) is 0 Å². The van der Waals surface area contributed by atoms with Crippen molar-refractivity contribution in [2.75, 3.05) is 26.7 Å². The van der Waals surface area contributed by atoms with Gasteiger partial charge in [-0.05, 0) is 25.6 Å². The number of carbonyl (C=O) groups excluding carboxylic acids is 2. The summed E-state index contributed by atoms with van der Waals surface area (Å²) >= 11 is 0. The second kappa shape index (κ2) is 6.54. The molecule has 1 aliphatic rings. The van der Waals surface area contributed by atoms with E-state index in [1.54, 1.807) is 24.1 Å². The van der Waals surface area contributed by atoms with Crippen molar-refractivity contribution in [2.45, 2.75) is 6.42 Å². The Morgan fingerprint density at radius 1 is 1.15 bits per heavy atom. The minimum atomic E-state index is -0.976. The van der Waals surface area contributed by atoms with Gasteiger partial charge < -0.3 is 15.0 Å². The zero-order valence-electron chi connectivity index (χ0n) is 11.4. The Bertz CT molecular complexity index is 472. The van der Waals surface area contributed by atoms with Gasteiger partial charge in [0, 0.05) is 5.46 Å². The van der Waals surface area contributed by atoms with Crippen LogP contribution >= 0.6 is 0 Å². The zero-order valence-corrected chi connectivity index (χ0v) is 11.4. The third-order valence-electron chi connectivity index (χ3n) is 2.96. The van der Waals surface area contributed by atoms with Crippen LogP contribution in [0.3, 0.4) is 0 Å². The highest BCUT2D eigenvalue weighted by Gasteiger charge is 2.33. The summed E-state index contributed by atoms with van der Waals surface area (Å²) < 4.78 is 10.3. The molecule has 0 aliphatic carbocycles. The second-order valence-corrected chi connectivity index (χ2v) is 4.76. The average molecular weight is 276 g/mol. The molecule has 1 aromatic rings. The van der Waals surface area contributed by atoms with Crippen molar-refractivity contribution in [3.8, 4) is 0 Å². The second-order valence-electron chi connectivity index (χ2n) is 4.76. The van der Waals surface area contributed by atoms with Crippen LogP contribution in [-0.2, 0) is 25.3 Å². The normalized spacial score (nSPS) is 17.2. The molecule has 0 atom stereocenters. The van der Waals surface area contributed by atoms with Crippen molar-refractivity contribution in [2.24, 2.45) is 5.73 Å². The fourth-order valence-corrected chi connectivity index (χ4v) is 1.98. The Morgan fingerprint density at radius 2 is 1.70 bits per heavy atom. The molecule has 20 heavy (non-hydrogen) atoms. The largest absolute Gasteiger partial charge is 0.636 e. The van der Waals surface area contributed by atoms with Crippen molar-refractivity contribution in [1.82, 2.24) is 4.90 Å². The maximum absolute atomic E-state index is 11.6. The summed E-state index contributed by atoms with van der Waals surface area (Å²) in [5, 5.41) is 0. The summed E-state index contributed by atoms with van der Waals surface area (Å²) in [6.45, 7) is 0.701. The van der Waals surface area contributed by atoms with Gasteiger partial charge in [-0.15, -0.1) is 0 Å². The molecule has 0 saturated carbocycles. The maximum Gasteiger partial charge on any atom is 0.636 e. The first-order chi connectivity index (χ1) is 9.58. The first-order valence-electron chi connectivity index (χ1n) is 6.45. The number of hydrogen-bond donors (Lipinski definition) is 1. The smallest absolute Gasteiger partial charge is 0.494 e. The van der Waals surface area contributed by atoms with Crippen molar-refractivity contribution < 1.29 is 18.9 Å². The molecule has 0 aromatic heterocycles. The Balaban J connectivity index is 2.12. The molecule has 0 amide bonds. The van der Waals surface area contributed by atoms with E-state index in [1.165, 1.54) is 0 Å². The fourth-order valence-electron chi connectivity index (χ4n) is 1.98. The van der Waals surface area contributed by atoms with Gasteiger partial charge in [0.25, 0.3) is 0 Å². The van der Waals surface area contributed by atoms with E-state index < -0.39 is 19.1 Å². The Hall–Kier alpha value is -1.86. The Labute approximate surface area is 118 Å². The van der Waals surface area contributed by atoms with E-state index in [9.17, 15) is 9.59 Å². The highest BCUT2D eigenvalue weighted by atomic mass is 16.6. The van der Waals surface area contributed by atoms with E-state index in [2.05, 4.69) is 0 Å². The maximum atomic E-state index is 11.6. The van der Waals surface area contributed by atoms with Gasteiger partial charge in [0.2, 0.25) is 0 Å². The van der Waals surface area contributed by atoms with Crippen LogP contribution in [0.1, 0.15) is 5.56 Å². The monoisotopic (exact) mass is 276 g/mol. The number of nitrogens with zero attached hydrogens (tertiary/aromatic N) is 1.